The van der Waals surface area contributed by atoms with Crippen LogP contribution in [0.25, 0.3) is 0 Å². The number of halogens is 1. The second kappa shape index (κ2) is 7.46. The first kappa shape index (κ1) is 17.3. The third-order valence-corrected chi connectivity index (χ3v) is 5.20. The number of carbonyl (C=O) groups is 1. The fourth-order valence-corrected chi connectivity index (χ4v) is 3.85. The van der Waals surface area contributed by atoms with Crippen LogP contribution in [0.3, 0.4) is 0 Å². The van der Waals surface area contributed by atoms with Gasteiger partial charge in [0, 0.05) is 34.8 Å². The molecule has 1 aromatic carbocycles. The Labute approximate surface area is 144 Å². The first-order valence-corrected chi connectivity index (χ1v) is 8.82. The molecule has 1 N–H and O–H groups in total. The molecule has 0 unspecified atom stereocenters. The molecule has 0 radical (unpaired) electrons. The van der Waals surface area contributed by atoms with Gasteiger partial charge in [-0.25, -0.2) is 4.98 Å². The molecule has 0 saturated heterocycles. The highest BCUT2D eigenvalue weighted by Gasteiger charge is 2.19. The molecule has 1 aromatic heterocycles. The van der Waals surface area contributed by atoms with Crippen molar-refractivity contribution in [2.45, 2.75) is 17.9 Å². The maximum Gasteiger partial charge on any atom is 0.257 e. The van der Waals surface area contributed by atoms with Gasteiger partial charge in [0.25, 0.3) is 5.91 Å². The van der Waals surface area contributed by atoms with Crippen molar-refractivity contribution in [1.82, 2.24) is 9.88 Å². The average Bonchev–Trinajstić information content (AvgIpc) is 2.88. The van der Waals surface area contributed by atoms with Crippen LogP contribution in [-0.2, 0) is 13.0 Å². The first-order valence-electron chi connectivity index (χ1n) is 6.78. The van der Waals surface area contributed by atoms with E-state index < -0.39 is 0 Å². The topological polar surface area (TPSA) is 45.2 Å². The number of carbonyl (C=O) groups excluding carboxylic acids is 1. The lowest BCUT2D eigenvalue weighted by Crippen LogP contribution is -2.25. The summed E-state index contributed by atoms with van der Waals surface area (Å²) < 4.78 is 0. The zero-order valence-electron chi connectivity index (χ0n) is 12.5. The molecular weight excluding hydrogens is 338 g/mol. The highest BCUT2D eigenvalue weighted by molar-refractivity contribution is 7.98. The van der Waals surface area contributed by atoms with Crippen molar-refractivity contribution in [2.75, 3.05) is 25.2 Å². The van der Waals surface area contributed by atoms with Gasteiger partial charge in [0.15, 0.2) is 5.13 Å². The van der Waals surface area contributed by atoms with Crippen LogP contribution in [0, 0.1) is 0 Å². The lowest BCUT2D eigenvalue weighted by atomic mass is 10.2. The van der Waals surface area contributed by atoms with E-state index >= 15 is 0 Å². The van der Waals surface area contributed by atoms with Gasteiger partial charge in [0.2, 0.25) is 0 Å². The van der Waals surface area contributed by atoms with E-state index in [9.17, 15) is 4.79 Å². The van der Waals surface area contributed by atoms with Gasteiger partial charge in [-0.2, -0.15) is 0 Å². The van der Waals surface area contributed by atoms with Crippen LogP contribution >= 0.6 is 35.5 Å². The standard InChI is InChI=1S/C15H17N3OS2.ClH/c1-18-7-6-12-13(9-18)21-15(16-12)17-14(19)10-4-3-5-11(8-10)20-2;/h3-5,8H,6-7,9H2,1-2H3,(H,16,17,19);1H. The highest BCUT2D eigenvalue weighted by atomic mass is 35.5. The van der Waals surface area contributed by atoms with Gasteiger partial charge in [0.1, 0.15) is 0 Å². The van der Waals surface area contributed by atoms with Gasteiger partial charge in [-0.15, -0.1) is 35.5 Å². The molecule has 0 atom stereocenters. The summed E-state index contributed by atoms with van der Waals surface area (Å²) in [5.41, 5.74) is 1.80. The number of anilines is 1. The number of thioether (sulfide) groups is 1. The maximum absolute atomic E-state index is 12.3. The van der Waals surface area contributed by atoms with Crippen molar-refractivity contribution in [3.63, 3.8) is 0 Å². The van der Waals surface area contributed by atoms with Crippen molar-refractivity contribution < 1.29 is 4.79 Å². The lowest BCUT2D eigenvalue weighted by molar-refractivity contribution is 0.102. The van der Waals surface area contributed by atoms with Crippen molar-refractivity contribution in [3.05, 3.63) is 40.4 Å². The predicted octanol–water partition coefficient (Wildman–Crippen LogP) is 3.53. The molecule has 22 heavy (non-hydrogen) atoms. The Balaban J connectivity index is 0.00000176. The minimum atomic E-state index is -0.0923. The van der Waals surface area contributed by atoms with Crippen LogP contribution in [0.4, 0.5) is 5.13 Å². The number of fused-ring (bicyclic) bond motifs is 1. The van der Waals surface area contributed by atoms with Gasteiger partial charge < -0.3 is 4.90 Å². The van der Waals surface area contributed by atoms with Crippen LogP contribution in [0.1, 0.15) is 20.9 Å². The third-order valence-electron chi connectivity index (χ3n) is 3.47. The van der Waals surface area contributed by atoms with Crippen molar-refractivity contribution in [1.29, 1.82) is 0 Å². The van der Waals surface area contributed by atoms with Gasteiger partial charge >= 0.3 is 0 Å². The summed E-state index contributed by atoms with van der Waals surface area (Å²) in [5.74, 6) is -0.0923. The Bertz CT molecular complexity index is 675. The Kier molecular flexibility index (Phi) is 5.86. The number of nitrogens with zero attached hydrogens (tertiary/aromatic N) is 2. The van der Waals surface area contributed by atoms with Crippen LogP contribution in [0.2, 0.25) is 0 Å². The smallest absolute Gasteiger partial charge is 0.257 e. The maximum atomic E-state index is 12.3. The number of likely N-dealkylation sites (N-methyl/N-ethyl adjacent to an activating group) is 1. The number of aromatic nitrogens is 1. The third kappa shape index (κ3) is 3.81. The van der Waals surface area contributed by atoms with Crippen molar-refractivity contribution in [2.24, 2.45) is 0 Å². The molecule has 0 fully saturated rings. The molecule has 7 heteroatoms. The summed E-state index contributed by atoms with van der Waals surface area (Å²) >= 11 is 3.21. The minimum Gasteiger partial charge on any atom is -0.301 e. The van der Waals surface area contributed by atoms with Gasteiger partial charge in [-0.05, 0) is 31.5 Å². The second-order valence-electron chi connectivity index (χ2n) is 5.06. The zero-order valence-corrected chi connectivity index (χ0v) is 14.9. The average molecular weight is 356 g/mol. The Morgan fingerprint density at radius 3 is 3.05 bits per heavy atom. The summed E-state index contributed by atoms with van der Waals surface area (Å²) in [6.07, 6.45) is 2.96. The zero-order chi connectivity index (χ0) is 14.8. The molecule has 1 aliphatic heterocycles. The van der Waals surface area contributed by atoms with Crippen LogP contribution in [0.5, 0.6) is 0 Å². The van der Waals surface area contributed by atoms with E-state index in [1.54, 1.807) is 23.1 Å². The summed E-state index contributed by atoms with van der Waals surface area (Å²) in [7, 11) is 2.11. The predicted molar refractivity (Wildman–Crippen MR) is 95.6 cm³/mol. The number of benzene rings is 1. The van der Waals surface area contributed by atoms with E-state index in [1.165, 1.54) is 4.88 Å². The fraction of sp³-hybridized carbons (Fsp3) is 0.333. The summed E-state index contributed by atoms with van der Waals surface area (Å²) in [6.45, 7) is 1.95. The van der Waals surface area contributed by atoms with Crippen molar-refractivity contribution in [3.8, 4) is 0 Å². The molecule has 1 aliphatic rings. The van der Waals surface area contributed by atoms with E-state index in [0.29, 0.717) is 10.7 Å². The number of nitrogens with one attached hydrogen (secondary N) is 1. The summed E-state index contributed by atoms with van der Waals surface area (Å²) in [4.78, 5) is 21.5. The van der Waals surface area contributed by atoms with E-state index in [2.05, 4.69) is 22.2 Å². The number of hydrogen-bond acceptors (Lipinski definition) is 5. The lowest BCUT2D eigenvalue weighted by Gasteiger charge is -2.20. The fourth-order valence-electron chi connectivity index (χ4n) is 2.31. The summed E-state index contributed by atoms with van der Waals surface area (Å²) in [6, 6.07) is 7.64. The molecule has 118 valence electrons. The van der Waals surface area contributed by atoms with E-state index in [0.717, 1.165) is 30.1 Å². The van der Waals surface area contributed by atoms with Gasteiger partial charge in [-0.1, -0.05) is 6.07 Å². The molecule has 4 nitrogen and oxygen atoms in total. The van der Waals surface area contributed by atoms with E-state index in [4.69, 9.17) is 0 Å². The molecule has 3 rings (SSSR count). The molecule has 2 heterocycles. The first-order chi connectivity index (χ1) is 10.2. The molecule has 2 aromatic rings. The number of thiazole rings is 1. The number of hydrogen-bond donors (Lipinski definition) is 1. The Morgan fingerprint density at radius 1 is 1.45 bits per heavy atom. The molecule has 0 bridgehead atoms. The normalized spacial score (nSPS) is 14.1. The van der Waals surface area contributed by atoms with E-state index in [1.807, 2.05) is 30.5 Å². The SMILES string of the molecule is CSc1cccc(C(=O)Nc2nc3c(s2)CN(C)CC3)c1.Cl. The molecule has 0 spiro atoms. The van der Waals surface area contributed by atoms with E-state index in [-0.39, 0.29) is 18.3 Å². The Morgan fingerprint density at radius 2 is 2.27 bits per heavy atom. The molecular formula is C15H18ClN3OS2. The molecule has 1 amide bonds. The van der Waals surface area contributed by atoms with Crippen LogP contribution < -0.4 is 5.32 Å². The summed E-state index contributed by atoms with van der Waals surface area (Å²) in [5, 5.41) is 3.63. The number of rotatable bonds is 3. The minimum absolute atomic E-state index is 0. The van der Waals surface area contributed by atoms with Crippen LogP contribution in [0.15, 0.2) is 29.2 Å². The monoisotopic (exact) mass is 355 g/mol. The van der Waals surface area contributed by atoms with Gasteiger partial charge in [-0.3, -0.25) is 10.1 Å². The molecule has 0 aliphatic carbocycles. The highest BCUT2D eigenvalue weighted by Crippen LogP contribution is 2.28. The molecule has 0 saturated carbocycles. The number of amides is 1. The second-order valence-corrected chi connectivity index (χ2v) is 7.03. The Hall–Kier alpha value is -1.08. The largest absolute Gasteiger partial charge is 0.301 e. The quantitative estimate of drug-likeness (QED) is 0.855. The van der Waals surface area contributed by atoms with Crippen molar-refractivity contribution >= 4 is 46.5 Å². The van der Waals surface area contributed by atoms with Crippen LogP contribution in [-0.4, -0.2) is 35.6 Å². The van der Waals surface area contributed by atoms with Gasteiger partial charge in [0.05, 0.1) is 5.69 Å².